The van der Waals surface area contributed by atoms with Crippen LogP contribution in [0.5, 0.6) is 0 Å². The molecule has 14 heavy (non-hydrogen) atoms. The summed E-state index contributed by atoms with van der Waals surface area (Å²) in [7, 11) is 0. The molecule has 0 saturated carbocycles. The lowest BCUT2D eigenvalue weighted by Crippen LogP contribution is -2.23. The van der Waals surface area contributed by atoms with Gasteiger partial charge >= 0.3 is 5.97 Å². The van der Waals surface area contributed by atoms with Crippen molar-refractivity contribution in [3.8, 4) is 0 Å². The third kappa shape index (κ3) is 6.89. The fourth-order valence-corrected chi connectivity index (χ4v) is 0.808. The Bertz CT molecular complexity index is 158. The molecule has 0 aliphatic rings. The van der Waals surface area contributed by atoms with Crippen LogP contribution in [0.2, 0.25) is 0 Å². The zero-order valence-electron chi connectivity index (χ0n) is 9.76. The monoisotopic (exact) mass is 202 g/mol. The largest absolute Gasteiger partial charge is 0.347 e. The van der Waals surface area contributed by atoms with Gasteiger partial charge in [-0.3, -0.25) is 4.89 Å². The van der Waals surface area contributed by atoms with E-state index in [0.717, 1.165) is 12.8 Å². The third-order valence-corrected chi connectivity index (χ3v) is 1.83. The summed E-state index contributed by atoms with van der Waals surface area (Å²) in [4.78, 5) is 20.7. The van der Waals surface area contributed by atoms with Crippen LogP contribution in [0.15, 0.2) is 0 Å². The minimum absolute atomic E-state index is 0.312. The summed E-state index contributed by atoms with van der Waals surface area (Å²) in [6, 6.07) is 0. The molecule has 0 N–H and O–H groups in total. The van der Waals surface area contributed by atoms with Crippen LogP contribution in [0.25, 0.3) is 0 Å². The average molecular weight is 202 g/mol. The summed E-state index contributed by atoms with van der Waals surface area (Å²) in [6.07, 6.45) is 4.48. The second-order valence-electron chi connectivity index (χ2n) is 4.50. The molecule has 0 atom stereocenters. The maximum absolute atomic E-state index is 11.2. The van der Waals surface area contributed by atoms with Crippen molar-refractivity contribution in [3.05, 3.63) is 0 Å². The van der Waals surface area contributed by atoms with Crippen LogP contribution in [-0.4, -0.2) is 12.6 Å². The molecular formula is C11H22O3. The molecule has 0 bridgehead atoms. The fourth-order valence-electron chi connectivity index (χ4n) is 0.808. The highest BCUT2D eigenvalue weighted by Crippen LogP contribution is 2.15. The average Bonchev–Trinajstić information content (AvgIpc) is 2.09. The van der Waals surface area contributed by atoms with Crippen molar-refractivity contribution in [1.29, 1.82) is 0 Å². The lowest BCUT2D eigenvalue weighted by molar-refractivity contribution is -0.279. The summed E-state index contributed by atoms with van der Waals surface area (Å²) >= 11 is 0. The highest BCUT2D eigenvalue weighted by molar-refractivity contribution is 5.74. The third-order valence-electron chi connectivity index (χ3n) is 1.83. The van der Waals surface area contributed by atoms with Gasteiger partial charge in [-0.05, 0) is 27.2 Å². The molecule has 0 aromatic heterocycles. The van der Waals surface area contributed by atoms with Crippen molar-refractivity contribution in [2.75, 3.05) is 6.61 Å². The Labute approximate surface area is 86.7 Å². The van der Waals surface area contributed by atoms with Gasteiger partial charge in [-0.15, -0.1) is 0 Å². The van der Waals surface area contributed by atoms with Gasteiger partial charge in [-0.25, -0.2) is 4.79 Å². The Hall–Kier alpha value is -0.570. The summed E-state index contributed by atoms with van der Waals surface area (Å²) in [5, 5.41) is 0. The van der Waals surface area contributed by atoms with E-state index in [0.29, 0.717) is 6.61 Å². The summed E-state index contributed by atoms with van der Waals surface area (Å²) in [6.45, 7) is 8.06. The van der Waals surface area contributed by atoms with E-state index < -0.39 is 5.41 Å². The van der Waals surface area contributed by atoms with Crippen LogP contribution < -0.4 is 0 Å². The van der Waals surface area contributed by atoms with Crippen LogP contribution in [0.4, 0.5) is 0 Å². The molecule has 84 valence electrons. The van der Waals surface area contributed by atoms with Gasteiger partial charge in [0.15, 0.2) is 0 Å². The molecule has 0 radical (unpaired) electrons. The number of unbranched alkanes of at least 4 members (excludes halogenated alkanes) is 3. The summed E-state index contributed by atoms with van der Waals surface area (Å²) in [5.41, 5.74) is -0.483. The number of hydrogen-bond donors (Lipinski definition) is 0. The van der Waals surface area contributed by atoms with Crippen molar-refractivity contribution < 1.29 is 14.6 Å². The lowest BCUT2D eigenvalue weighted by Gasteiger charge is -2.14. The molecule has 0 spiro atoms. The molecule has 0 heterocycles. The van der Waals surface area contributed by atoms with E-state index in [2.05, 4.69) is 11.8 Å². The van der Waals surface area contributed by atoms with Gasteiger partial charge in [-0.1, -0.05) is 26.2 Å². The van der Waals surface area contributed by atoms with Crippen LogP contribution in [0.3, 0.4) is 0 Å². The molecule has 0 unspecified atom stereocenters. The van der Waals surface area contributed by atoms with E-state index in [4.69, 9.17) is 4.89 Å². The van der Waals surface area contributed by atoms with Crippen molar-refractivity contribution in [3.63, 3.8) is 0 Å². The van der Waals surface area contributed by atoms with E-state index in [9.17, 15) is 4.79 Å². The van der Waals surface area contributed by atoms with Gasteiger partial charge in [0, 0.05) is 0 Å². The Morgan fingerprint density at radius 3 is 2.29 bits per heavy atom. The molecule has 3 heteroatoms. The van der Waals surface area contributed by atoms with Gasteiger partial charge in [0.05, 0.1) is 12.0 Å². The van der Waals surface area contributed by atoms with Gasteiger partial charge in [0.1, 0.15) is 0 Å². The highest BCUT2D eigenvalue weighted by Gasteiger charge is 2.24. The van der Waals surface area contributed by atoms with Gasteiger partial charge in [0.2, 0.25) is 0 Å². The molecule has 0 fully saturated rings. The Kier molecular flexibility index (Phi) is 6.54. The first kappa shape index (κ1) is 13.4. The van der Waals surface area contributed by atoms with E-state index in [1.54, 1.807) is 20.8 Å². The first-order chi connectivity index (χ1) is 6.48. The molecule has 0 saturated heterocycles. The smallest absolute Gasteiger partial charge is 0.298 e. The molecule has 0 aliphatic heterocycles. The Morgan fingerprint density at radius 2 is 1.79 bits per heavy atom. The second-order valence-corrected chi connectivity index (χ2v) is 4.50. The van der Waals surface area contributed by atoms with Gasteiger partial charge in [0.25, 0.3) is 0 Å². The predicted octanol–water partition coefficient (Wildman–Crippen LogP) is 3.09. The first-order valence-corrected chi connectivity index (χ1v) is 5.32. The fraction of sp³-hybridized carbons (Fsp3) is 0.909. The molecule has 0 amide bonds. The van der Waals surface area contributed by atoms with E-state index in [-0.39, 0.29) is 5.97 Å². The second kappa shape index (κ2) is 6.82. The van der Waals surface area contributed by atoms with E-state index in [1.807, 2.05) is 0 Å². The van der Waals surface area contributed by atoms with Crippen molar-refractivity contribution in [1.82, 2.24) is 0 Å². The maximum Gasteiger partial charge on any atom is 0.347 e. The normalized spacial score (nSPS) is 11.4. The zero-order valence-corrected chi connectivity index (χ0v) is 9.76. The van der Waals surface area contributed by atoms with Crippen LogP contribution >= 0.6 is 0 Å². The minimum Gasteiger partial charge on any atom is -0.298 e. The van der Waals surface area contributed by atoms with Crippen molar-refractivity contribution in [2.45, 2.75) is 53.4 Å². The van der Waals surface area contributed by atoms with E-state index in [1.165, 1.54) is 12.8 Å². The quantitative estimate of drug-likeness (QED) is 0.377. The Balaban J connectivity index is 3.33. The first-order valence-electron chi connectivity index (χ1n) is 5.32. The lowest BCUT2D eigenvalue weighted by atomic mass is 9.98. The molecule has 0 aliphatic carbocycles. The SMILES string of the molecule is CCCCCCOOC(=O)C(C)(C)C. The highest BCUT2D eigenvalue weighted by atomic mass is 17.2. The molecule has 3 nitrogen and oxygen atoms in total. The predicted molar refractivity (Wildman–Crippen MR) is 55.6 cm³/mol. The van der Waals surface area contributed by atoms with Crippen LogP contribution in [0.1, 0.15) is 53.4 Å². The summed E-state index contributed by atoms with van der Waals surface area (Å²) < 4.78 is 0. The molecular weight excluding hydrogens is 180 g/mol. The number of carbonyl (C=O) groups is 1. The zero-order chi connectivity index (χ0) is 11.0. The van der Waals surface area contributed by atoms with Gasteiger partial charge < -0.3 is 0 Å². The summed E-state index contributed by atoms with van der Waals surface area (Å²) in [5.74, 6) is -0.312. The topological polar surface area (TPSA) is 35.5 Å². The molecule has 0 aromatic rings. The Morgan fingerprint density at radius 1 is 1.14 bits per heavy atom. The van der Waals surface area contributed by atoms with Gasteiger partial charge in [-0.2, -0.15) is 4.89 Å². The van der Waals surface area contributed by atoms with Crippen LogP contribution in [0, 0.1) is 5.41 Å². The molecule has 0 aromatic carbocycles. The number of carbonyl (C=O) groups excluding carboxylic acids is 1. The number of rotatable bonds is 6. The molecule has 0 rings (SSSR count). The van der Waals surface area contributed by atoms with E-state index >= 15 is 0 Å². The standard InChI is InChI=1S/C11H22O3/c1-5-6-7-8-9-13-14-10(12)11(2,3)4/h5-9H2,1-4H3. The number of hydrogen-bond acceptors (Lipinski definition) is 3. The van der Waals surface area contributed by atoms with Crippen molar-refractivity contribution in [2.24, 2.45) is 5.41 Å². The van der Waals surface area contributed by atoms with Crippen LogP contribution in [-0.2, 0) is 14.6 Å². The maximum atomic E-state index is 11.2. The van der Waals surface area contributed by atoms with Crippen molar-refractivity contribution >= 4 is 5.97 Å². The minimum atomic E-state index is -0.483.